The maximum atomic E-state index is 12.0. The maximum Gasteiger partial charge on any atom is 0.252 e. The second-order valence-electron chi connectivity index (χ2n) is 4.13. The molecule has 17 heavy (non-hydrogen) atoms. The number of nitrogens with two attached hydrogens (primary N) is 1. The van der Waals surface area contributed by atoms with E-state index in [1.807, 2.05) is 0 Å². The highest BCUT2D eigenvalue weighted by Gasteiger charge is 2.18. The van der Waals surface area contributed by atoms with Gasteiger partial charge in [0.1, 0.15) is 0 Å². The van der Waals surface area contributed by atoms with Crippen LogP contribution in [-0.4, -0.2) is 25.2 Å². The van der Waals surface area contributed by atoms with E-state index in [4.69, 9.17) is 10.5 Å². The van der Waals surface area contributed by atoms with Crippen LogP contribution >= 0.6 is 15.9 Å². The molecule has 1 heterocycles. The van der Waals surface area contributed by atoms with Gasteiger partial charge < -0.3 is 15.8 Å². The standard InChI is InChI=1S/C12H15BrN2O2/c13-11-4-3-8(14)6-10(11)12(16)15-9-2-1-5-17-7-9/h3-4,6,9H,1-2,5,7,14H2,(H,15,16). The van der Waals surface area contributed by atoms with Crippen LogP contribution in [0.3, 0.4) is 0 Å². The van der Waals surface area contributed by atoms with Gasteiger partial charge in [0.15, 0.2) is 0 Å². The van der Waals surface area contributed by atoms with Crippen LogP contribution < -0.4 is 11.1 Å². The fraction of sp³-hybridized carbons (Fsp3) is 0.417. The molecule has 92 valence electrons. The van der Waals surface area contributed by atoms with E-state index in [1.54, 1.807) is 18.2 Å². The Morgan fingerprint density at radius 3 is 3.06 bits per heavy atom. The summed E-state index contributed by atoms with van der Waals surface area (Å²) in [6.45, 7) is 1.38. The second-order valence-corrected chi connectivity index (χ2v) is 4.98. The van der Waals surface area contributed by atoms with E-state index in [9.17, 15) is 4.79 Å². The molecule has 2 rings (SSSR count). The Hall–Kier alpha value is -1.07. The lowest BCUT2D eigenvalue weighted by molar-refractivity contribution is 0.0624. The van der Waals surface area contributed by atoms with Crippen molar-refractivity contribution >= 4 is 27.5 Å². The van der Waals surface area contributed by atoms with Crippen molar-refractivity contribution < 1.29 is 9.53 Å². The van der Waals surface area contributed by atoms with Crippen molar-refractivity contribution in [2.75, 3.05) is 18.9 Å². The Kier molecular flexibility index (Phi) is 4.02. The van der Waals surface area contributed by atoms with Gasteiger partial charge in [0, 0.05) is 16.8 Å². The zero-order chi connectivity index (χ0) is 12.3. The van der Waals surface area contributed by atoms with Crippen LogP contribution in [0.15, 0.2) is 22.7 Å². The Morgan fingerprint density at radius 2 is 2.35 bits per heavy atom. The zero-order valence-electron chi connectivity index (χ0n) is 9.41. The van der Waals surface area contributed by atoms with Crippen molar-refractivity contribution in [1.82, 2.24) is 5.32 Å². The molecule has 1 aromatic carbocycles. The highest BCUT2D eigenvalue weighted by molar-refractivity contribution is 9.10. The molecule has 5 heteroatoms. The number of hydrogen-bond acceptors (Lipinski definition) is 3. The van der Waals surface area contributed by atoms with Crippen molar-refractivity contribution in [2.45, 2.75) is 18.9 Å². The number of halogens is 1. The van der Waals surface area contributed by atoms with E-state index in [1.165, 1.54) is 0 Å². The predicted octanol–water partition coefficient (Wildman–Crippen LogP) is 1.94. The molecule has 0 aliphatic carbocycles. The third-order valence-electron chi connectivity index (χ3n) is 2.73. The number of carbonyl (C=O) groups is 1. The third kappa shape index (κ3) is 3.20. The second kappa shape index (κ2) is 5.51. The first-order valence-corrected chi connectivity index (χ1v) is 6.40. The first kappa shape index (κ1) is 12.4. The van der Waals surface area contributed by atoms with E-state index in [0.717, 1.165) is 23.9 Å². The van der Waals surface area contributed by atoms with Crippen LogP contribution in [0.5, 0.6) is 0 Å². The lowest BCUT2D eigenvalue weighted by Gasteiger charge is -2.23. The van der Waals surface area contributed by atoms with Crippen LogP contribution in [0, 0.1) is 0 Å². The summed E-state index contributed by atoms with van der Waals surface area (Å²) in [5, 5.41) is 2.95. The maximum absolute atomic E-state index is 12.0. The van der Waals surface area contributed by atoms with Gasteiger partial charge in [-0.15, -0.1) is 0 Å². The molecule has 0 spiro atoms. The highest BCUT2D eigenvalue weighted by atomic mass is 79.9. The number of carbonyl (C=O) groups excluding carboxylic acids is 1. The Balaban J connectivity index is 2.05. The number of nitrogen functional groups attached to an aromatic ring is 1. The fourth-order valence-electron chi connectivity index (χ4n) is 1.83. The Bertz CT molecular complexity index is 417. The van der Waals surface area contributed by atoms with Crippen LogP contribution in [0.2, 0.25) is 0 Å². The molecule has 1 amide bonds. The van der Waals surface area contributed by atoms with Gasteiger partial charge in [0.2, 0.25) is 0 Å². The molecule has 0 saturated carbocycles. The first-order valence-electron chi connectivity index (χ1n) is 5.60. The molecule has 1 unspecified atom stereocenters. The first-order chi connectivity index (χ1) is 8.16. The quantitative estimate of drug-likeness (QED) is 0.820. The van der Waals surface area contributed by atoms with Crippen molar-refractivity contribution in [1.29, 1.82) is 0 Å². The van der Waals surface area contributed by atoms with Crippen molar-refractivity contribution in [2.24, 2.45) is 0 Å². The molecule has 3 N–H and O–H groups in total. The average molecular weight is 299 g/mol. The normalized spacial score (nSPS) is 19.9. The minimum absolute atomic E-state index is 0.101. The number of rotatable bonds is 2. The van der Waals surface area contributed by atoms with Crippen molar-refractivity contribution in [3.8, 4) is 0 Å². The summed E-state index contributed by atoms with van der Waals surface area (Å²) >= 11 is 3.35. The topological polar surface area (TPSA) is 64.4 Å². The summed E-state index contributed by atoms with van der Waals surface area (Å²) < 4.78 is 6.07. The van der Waals surface area contributed by atoms with Gasteiger partial charge in [0.05, 0.1) is 18.2 Å². The van der Waals surface area contributed by atoms with Gasteiger partial charge in [0.25, 0.3) is 5.91 Å². The SMILES string of the molecule is Nc1ccc(Br)c(C(=O)NC2CCCOC2)c1. The van der Waals surface area contributed by atoms with Gasteiger partial charge in [-0.05, 0) is 47.0 Å². The number of anilines is 1. The van der Waals surface area contributed by atoms with Gasteiger partial charge in [-0.25, -0.2) is 0 Å². The van der Waals surface area contributed by atoms with E-state index < -0.39 is 0 Å². The van der Waals surface area contributed by atoms with E-state index in [2.05, 4.69) is 21.2 Å². The zero-order valence-corrected chi connectivity index (χ0v) is 11.0. The number of hydrogen-bond donors (Lipinski definition) is 2. The van der Waals surface area contributed by atoms with E-state index in [-0.39, 0.29) is 11.9 Å². The van der Waals surface area contributed by atoms with E-state index in [0.29, 0.717) is 17.9 Å². The number of ether oxygens (including phenoxy) is 1. The molecule has 0 radical (unpaired) electrons. The number of amides is 1. The highest BCUT2D eigenvalue weighted by Crippen LogP contribution is 2.20. The molecule has 1 saturated heterocycles. The lowest BCUT2D eigenvalue weighted by atomic mass is 10.1. The monoisotopic (exact) mass is 298 g/mol. The number of benzene rings is 1. The number of nitrogens with one attached hydrogen (secondary N) is 1. The molecule has 1 fully saturated rings. The van der Waals surface area contributed by atoms with Crippen LogP contribution in [0.1, 0.15) is 23.2 Å². The van der Waals surface area contributed by atoms with Crippen LogP contribution in [-0.2, 0) is 4.74 Å². The average Bonchev–Trinajstić information content (AvgIpc) is 2.33. The summed E-state index contributed by atoms with van der Waals surface area (Å²) in [4.78, 5) is 12.0. The molecule has 1 atom stereocenters. The summed E-state index contributed by atoms with van der Waals surface area (Å²) in [6, 6.07) is 5.31. The smallest absolute Gasteiger partial charge is 0.252 e. The van der Waals surface area contributed by atoms with E-state index >= 15 is 0 Å². The fourth-order valence-corrected chi connectivity index (χ4v) is 2.26. The Morgan fingerprint density at radius 1 is 1.53 bits per heavy atom. The molecule has 0 aromatic heterocycles. The minimum Gasteiger partial charge on any atom is -0.399 e. The summed E-state index contributed by atoms with van der Waals surface area (Å²) in [6.07, 6.45) is 1.95. The molecular formula is C12H15BrN2O2. The van der Waals surface area contributed by atoms with Crippen LogP contribution in [0.4, 0.5) is 5.69 Å². The van der Waals surface area contributed by atoms with Gasteiger partial charge in [-0.1, -0.05) is 0 Å². The summed E-state index contributed by atoms with van der Waals surface area (Å²) in [7, 11) is 0. The van der Waals surface area contributed by atoms with Gasteiger partial charge >= 0.3 is 0 Å². The van der Waals surface area contributed by atoms with Gasteiger partial charge in [-0.3, -0.25) is 4.79 Å². The minimum atomic E-state index is -0.111. The predicted molar refractivity (Wildman–Crippen MR) is 69.9 cm³/mol. The molecule has 0 bridgehead atoms. The molecular weight excluding hydrogens is 284 g/mol. The van der Waals surface area contributed by atoms with Crippen LogP contribution in [0.25, 0.3) is 0 Å². The summed E-state index contributed by atoms with van der Waals surface area (Å²) in [5.41, 5.74) is 6.82. The van der Waals surface area contributed by atoms with Crippen molar-refractivity contribution in [3.63, 3.8) is 0 Å². The lowest BCUT2D eigenvalue weighted by Crippen LogP contribution is -2.40. The largest absolute Gasteiger partial charge is 0.399 e. The third-order valence-corrected chi connectivity index (χ3v) is 3.42. The van der Waals surface area contributed by atoms with Crippen molar-refractivity contribution in [3.05, 3.63) is 28.2 Å². The molecule has 1 aliphatic rings. The molecule has 4 nitrogen and oxygen atoms in total. The van der Waals surface area contributed by atoms with Gasteiger partial charge in [-0.2, -0.15) is 0 Å². The molecule has 1 aromatic rings. The Labute approximate surface area is 109 Å². The summed E-state index contributed by atoms with van der Waals surface area (Å²) in [5.74, 6) is -0.111. The molecule has 1 aliphatic heterocycles.